The lowest BCUT2D eigenvalue weighted by Crippen LogP contribution is -2.46. The Morgan fingerprint density at radius 2 is 1.88 bits per heavy atom. The molecule has 41 heavy (non-hydrogen) atoms. The molecule has 5 atom stereocenters. The number of imidazole rings is 1. The van der Waals surface area contributed by atoms with Crippen molar-refractivity contribution in [2.45, 2.75) is 49.5 Å². The smallest absolute Gasteiger partial charge is 0.324 e. The summed E-state index contributed by atoms with van der Waals surface area (Å²) >= 11 is 0. The number of aryl methyl sites for hydroxylation is 1. The summed E-state index contributed by atoms with van der Waals surface area (Å²) in [6, 6.07) is 6.13. The van der Waals surface area contributed by atoms with Gasteiger partial charge in [0, 0.05) is 11.8 Å². The predicted octanol–water partition coefficient (Wildman–Crippen LogP) is 0.115. The first-order valence-electron chi connectivity index (χ1n) is 12.3. The van der Waals surface area contributed by atoms with E-state index in [-0.39, 0.29) is 33.4 Å². The number of hydrogen-bond donors (Lipinski definition) is 7. The molecule has 1 aromatic carbocycles. The topological polar surface area (TPSA) is 239 Å². The highest BCUT2D eigenvalue weighted by Crippen LogP contribution is 2.33. The van der Waals surface area contributed by atoms with Gasteiger partial charge in [-0.2, -0.15) is 0 Å². The predicted molar refractivity (Wildman–Crippen MR) is 142 cm³/mol. The van der Waals surface area contributed by atoms with Crippen molar-refractivity contribution in [2.75, 3.05) is 21.9 Å². The van der Waals surface area contributed by atoms with Crippen LogP contribution in [0.4, 0.5) is 22.1 Å². The number of carbonyl (C=O) groups is 1. The van der Waals surface area contributed by atoms with Gasteiger partial charge in [-0.05, 0) is 37.7 Å². The van der Waals surface area contributed by atoms with Crippen LogP contribution in [-0.4, -0.2) is 85.5 Å². The molecule has 1 unspecified atom stereocenters. The standard InChI is InChI=1S/C23H27N9O8S/c1-3-24-21(35)18-16(33)17(34)22(39-18)32-10-27-15-19(25-9-26-20(15)32)29-23(36)28-12-4-6-13(7-5-12)41(37,38)31-14-8-11(2)40-30-14/h4-10,16-18,21-22,24,33-35H,3H2,1-2H3,(H,30,31)(H2,25,26,28,29,36)/t16-,17+,18-,21?,22+/m0/s1. The summed E-state index contributed by atoms with van der Waals surface area (Å²) in [5, 5.41) is 42.6. The first-order chi connectivity index (χ1) is 19.6. The molecule has 4 aromatic rings. The van der Waals surface area contributed by atoms with Crippen LogP contribution in [0.15, 0.2) is 52.4 Å². The van der Waals surface area contributed by atoms with Crippen LogP contribution in [0, 0.1) is 6.92 Å². The molecule has 17 nitrogen and oxygen atoms in total. The lowest BCUT2D eigenvalue weighted by atomic mass is 10.1. The van der Waals surface area contributed by atoms with Crippen molar-refractivity contribution in [3.8, 4) is 0 Å². The van der Waals surface area contributed by atoms with E-state index in [2.05, 4.69) is 40.8 Å². The van der Waals surface area contributed by atoms with Crippen LogP contribution in [-0.2, 0) is 14.8 Å². The molecule has 3 aromatic heterocycles. The second kappa shape index (κ2) is 11.4. The highest BCUT2D eigenvalue weighted by atomic mass is 32.2. The second-order valence-corrected chi connectivity index (χ2v) is 10.7. The van der Waals surface area contributed by atoms with Gasteiger partial charge < -0.3 is 29.9 Å². The Morgan fingerprint density at radius 1 is 1.12 bits per heavy atom. The van der Waals surface area contributed by atoms with E-state index in [4.69, 9.17) is 9.26 Å². The number of nitrogens with zero attached hydrogens (tertiary/aromatic N) is 5. The molecule has 0 spiro atoms. The Morgan fingerprint density at radius 3 is 2.56 bits per heavy atom. The number of aliphatic hydroxyl groups excluding tert-OH is 3. The molecule has 18 heteroatoms. The number of aliphatic hydroxyl groups is 3. The maximum Gasteiger partial charge on any atom is 0.324 e. The highest BCUT2D eigenvalue weighted by molar-refractivity contribution is 7.92. The molecule has 0 saturated carbocycles. The average Bonchev–Trinajstić information content (AvgIpc) is 3.62. The number of likely N-dealkylation sites (N-methyl/N-ethyl adjacent to an activating group) is 1. The van der Waals surface area contributed by atoms with Crippen molar-refractivity contribution in [3.05, 3.63) is 48.7 Å². The van der Waals surface area contributed by atoms with Crippen molar-refractivity contribution < 1.29 is 37.8 Å². The van der Waals surface area contributed by atoms with Crippen LogP contribution in [0.3, 0.4) is 0 Å². The van der Waals surface area contributed by atoms with E-state index in [1.54, 1.807) is 13.8 Å². The Labute approximate surface area is 232 Å². The third-order valence-corrected chi connectivity index (χ3v) is 7.52. The maximum atomic E-state index is 12.7. The average molecular weight is 590 g/mol. The van der Waals surface area contributed by atoms with Crippen LogP contribution in [0.5, 0.6) is 0 Å². The third-order valence-electron chi connectivity index (χ3n) is 6.15. The van der Waals surface area contributed by atoms with Crippen molar-refractivity contribution >= 4 is 44.5 Å². The fraction of sp³-hybridized carbons (Fsp3) is 0.348. The van der Waals surface area contributed by atoms with Gasteiger partial charge in [0.15, 0.2) is 29.0 Å². The number of nitrogens with one attached hydrogen (secondary N) is 4. The highest BCUT2D eigenvalue weighted by Gasteiger charge is 2.47. The van der Waals surface area contributed by atoms with Gasteiger partial charge >= 0.3 is 6.03 Å². The van der Waals surface area contributed by atoms with Crippen LogP contribution >= 0.6 is 0 Å². The zero-order valence-electron chi connectivity index (χ0n) is 21.7. The number of fused-ring (bicyclic) bond motifs is 1. The SMILES string of the molecule is CCNC(O)[C@H]1O[C@@H](n2cnc3c(NC(=O)Nc4ccc(S(=O)(=O)Nc5cc(C)on5)cc4)ncnc32)[C@H](O)[C@@H]1O. The normalized spacial score (nSPS) is 21.6. The summed E-state index contributed by atoms with van der Waals surface area (Å²) in [5.74, 6) is 0.520. The van der Waals surface area contributed by atoms with Gasteiger partial charge in [0.1, 0.15) is 36.6 Å². The zero-order chi connectivity index (χ0) is 29.3. The molecule has 4 heterocycles. The number of ether oxygens (including phenoxy) is 1. The number of carbonyl (C=O) groups excluding carboxylic acids is 1. The quantitative estimate of drug-likeness (QED) is 0.128. The number of anilines is 3. The van der Waals surface area contributed by atoms with E-state index in [1.807, 2.05) is 0 Å². The van der Waals surface area contributed by atoms with Gasteiger partial charge in [-0.25, -0.2) is 28.2 Å². The molecule has 2 amide bonds. The number of hydrogen-bond acceptors (Lipinski definition) is 13. The Kier molecular flexibility index (Phi) is 7.84. The van der Waals surface area contributed by atoms with Gasteiger partial charge in [0.2, 0.25) is 0 Å². The summed E-state index contributed by atoms with van der Waals surface area (Å²) in [6.45, 7) is 3.81. The van der Waals surface area contributed by atoms with Gasteiger partial charge in [-0.3, -0.25) is 19.9 Å². The molecule has 5 rings (SSSR count). The van der Waals surface area contributed by atoms with Crippen LogP contribution in [0.25, 0.3) is 11.2 Å². The molecule has 1 aliphatic rings. The van der Waals surface area contributed by atoms with Crippen molar-refractivity contribution in [1.29, 1.82) is 0 Å². The molecule has 1 fully saturated rings. The summed E-state index contributed by atoms with van der Waals surface area (Å²) < 4.78 is 39.3. The van der Waals surface area contributed by atoms with E-state index < -0.39 is 46.8 Å². The Bertz CT molecular complexity index is 1640. The molecule has 0 bridgehead atoms. The van der Waals surface area contributed by atoms with Crippen molar-refractivity contribution in [3.63, 3.8) is 0 Å². The molecular formula is C23H27N9O8S. The van der Waals surface area contributed by atoms with E-state index >= 15 is 0 Å². The van der Waals surface area contributed by atoms with Crippen LogP contribution in [0.1, 0.15) is 18.9 Å². The number of urea groups is 1. The minimum atomic E-state index is -3.93. The molecule has 0 radical (unpaired) electrons. The van der Waals surface area contributed by atoms with Gasteiger partial charge in [0.25, 0.3) is 10.0 Å². The number of amides is 2. The lowest BCUT2D eigenvalue weighted by molar-refractivity contribution is -0.0928. The Hall–Kier alpha value is -4.20. The van der Waals surface area contributed by atoms with Gasteiger partial charge in [0.05, 0.1) is 11.2 Å². The summed E-state index contributed by atoms with van der Waals surface area (Å²) in [6.07, 6.45) is -3.77. The number of benzene rings is 1. The number of rotatable bonds is 9. The van der Waals surface area contributed by atoms with Crippen molar-refractivity contribution in [1.82, 2.24) is 30.0 Å². The minimum absolute atomic E-state index is 0.0369. The molecule has 1 saturated heterocycles. The molecule has 0 aliphatic carbocycles. The fourth-order valence-corrected chi connectivity index (χ4v) is 5.21. The van der Waals surface area contributed by atoms with E-state index in [9.17, 15) is 28.5 Å². The largest absolute Gasteiger partial charge is 0.387 e. The maximum absolute atomic E-state index is 12.7. The zero-order valence-corrected chi connectivity index (χ0v) is 22.5. The molecular weight excluding hydrogens is 562 g/mol. The number of sulfonamides is 1. The lowest BCUT2D eigenvalue weighted by Gasteiger charge is -2.21. The minimum Gasteiger partial charge on any atom is -0.387 e. The third kappa shape index (κ3) is 5.82. The monoisotopic (exact) mass is 589 g/mol. The molecule has 7 N–H and O–H groups in total. The molecule has 1 aliphatic heterocycles. The Balaban J connectivity index is 1.27. The summed E-state index contributed by atoms with van der Waals surface area (Å²) in [7, 11) is -3.93. The van der Waals surface area contributed by atoms with E-state index in [0.29, 0.717) is 12.3 Å². The summed E-state index contributed by atoms with van der Waals surface area (Å²) in [4.78, 5) is 25.1. The van der Waals surface area contributed by atoms with Crippen molar-refractivity contribution in [2.24, 2.45) is 0 Å². The van der Waals surface area contributed by atoms with Gasteiger partial charge in [-0.1, -0.05) is 12.1 Å². The second-order valence-electron chi connectivity index (χ2n) is 9.05. The number of aromatic nitrogens is 5. The van der Waals surface area contributed by atoms with Crippen LogP contribution in [0.2, 0.25) is 0 Å². The summed E-state index contributed by atoms with van der Waals surface area (Å²) in [5.41, 5.74) is 0.644. The van der Waals surface area contributed by atoms with Gasteiger partial charge in [-0.15, -0.1) is 0 Å². The first kappa shape index (κ1) is 28.3. The van der Waals surface area contributed by atoms with E-state index in [1.165, 1.54) is 47.6 Å². The van der Waals surface area contributed by atoms with Crippen LogP contribution < -0.4 is 20.7 Å². The first-order valence-corrected chi connectivity index (χ1v) is 13.8. The fourth-order valence-electron chi connectivity index (χ4n) is 4.23. The molecule has 218 valence electrons. The van der Waals surface area contributed by atoms with E-state index in [0.717, 1.165) is 0 Å².